The number of carbonyl (C=O) groups excluding carboxylic acids is 2. The van der Waals surface area contributed by atoms with Crippen molar-refractivity contribution in [2.24, 2.45) is 5.92 Å². The first kappa shape index (κ1) is 18.2. The zero-order chi connectivity index (χ0) is 20.0. The summed E-state index contributed by atoms with van der Waals surface area (Å²) in [4.78, 5) is 42.4. The number of benzene rings is 1. The summed E-state index contributed by atoms with van der Waals surface area (Å²) < 4.78 is 6.56. The maximum Gasteiger partial charge on any atom is 0.420 e. The van der Waals surface area contributed by atoms with Gasteiger partial charge in [0.05, 0.1) is 5.52 Å². The van der Waals surface area contributed by atoms with Crippen LogP contribution in [-0.2, 0) is 16.1 Å². The second kappa shape index (κ2) is 7.18. The van der Waals surface area contributed by atoms with Gasteiger partial charge in [0, 0.05) is 42.9 Å². The van der Waals surface area contributed by atoms with E-state index < -0.39 is 5.76 Å². The number of aromatic nitrogens is 1. The fourth-order valence-electron chi connectivity index (χ4n) is 4.09. The number of fused-ring (bicyclic) bond motifs is 1. The van der Waals surface area contributed by atoms with E-state index in [0.717, 1.165) is 6.42 Å². The predicted octanol–water partition coefficient (Wildman–Crippen LogP) is 2.13. The van der Waals surface area contributed by atoms with Gasteiger partial charge in [-0.3, -0.25) is 14.2 Å². The highest BCUT2D eigenvalue weighted by atomic mass is 32.1. The number of oxazole rings is 1. The van der Waals surface area contributed by atoms with Gasteiger partial charge >= 0.3 is 5.76 Å². The Morgan fingerprint density at radius 1 is 1.03 bits per heavy atom. The second-order valence-corrected chi connectivity index (χ2v) is 8.57. The van der Waals surface area contributed by atoms with Gasteiger partial charge in [0.15, 0.2) is 5.58 Å². The normalized spacial score (nSPS) is 21.5. The van der Waals surface area contributed by atoms with Crippen molar-refractivity contribution < 1.29 is 14.0 Å². The fourth-order valence-corrected chi connectivity index (χ4v) is 5.00. The van der Waals surface area contributed by atoms with Gasteiger partial charge in [-0.25, -0.2) is 4.79 Å². The molecule has 1 aliphatic carbocycles. The van der Waals surface area contributed by atoms with Crippen molar-refractivity contribution in [1.82, 2.24) is 14.4 Å². The molecule has 0 spiro atoms. The highest BCUT2D eigenvalue weighted by Crippen LogP contribution is 2.50. The van der Waals surface area contributed by atoms with Crippen molar-refractivity contribution in [2.45, 2.75) is 18.9 Å². The smallest absolute Gasteiger partial charge is 0.408 e. The number of carbonyl (C=O) groups is 2. The van der Waals surface area contributed by atoms with Crippen LogP contribution in [0.15, 0.2) is 51.0 Å². The number of para-hydroxylation sites is 2. The lowest BCUT2D eigenvalue weighted by molar-refractivity contribution is -0.140. The Morgan fingerprint density at radius 3 is 2.55 bits per heavy atom. The molecule has 2 amide bonds. The molecular weight excluding hydrogens is 390 g/mol. The molecular formula is C21H21N3O4S. The van der Waals surface area contributed by atoms with E-state index in [-0.39, 0.29) is 24.3 Å². The largest absolute Gasteiger partial charge is 0.420 e. The lowest BCUT2D eigenvalue weighted by atomic mass is 10.2. The Morgan fingerprint density at radius 2 is 1.79 bits per heavy atom. The van der Waals surface area contributed by atoms with Gasteiger partial charge in [0.2, 0.25) is 11.8 Å². The molecule has 0 radical (unpaired) electrons. The molecule has 150 valence electrons. The van der Waals surface area contributed by atoms with Crippen LogP contribution >= 0.6 is 11.3 Å². The molecule has 8 heteroatoms. The summed E-state index contributed by atoms with van der Waals surface area (Å²) in [6.45, 7) is 2.02. The third-order valence-corrected chi connectivity index (χ3v) is 6.83. The van der Waals surface area contributed by atoms with Crippen molar-refractivity contribution >= 4 is 34.3 Å². The molecule has 2 atom stereocenters. The molecule has 3 heterocycles. The van der Waals surface area contributed by atoms with E-state index in [1.807, 2.05) is 22.4 Å². The lowest BCUT2D eigenvalue weighted by Crippen LogP contribution is -2.52. The molecule has 2 fully saturated rings. The summed E-state index contributed by atoms with van der Waals surface area (Å²) in [5, 5.41) is 2.05. The number of hydrogen-bond acceptors (Lipinski definition) is 5. The molecule has 1 aliphatic heterocycles. The Balaban J connectivity index is 1.18. The molecule has 2 aliphatic rings. The van der Waals surface area contributed by atoms with Crippen LogP contribution in [0, 0.1) is 5.92 Å². The quantitative estimate of drug-likeness (QED) is 0.659. The maximum atomic E-state index is 12.8. The van der Waals surface area contributed by atoms with E-state index in [9.17, 15) is 14.4 Å². The first-order chi connectivity index (χ1) is 14.1. The van der Waals surface area contributed by atoms with Crippen LogP contribution in [-0.4, -0.2) is 52.4 Å². The van der Waals surface area contributed by atoms with Gasteiger partial charge in [0.25, 0.3) is 0 Å². The Kier molecular flexibility index (Phi) is 4.50. The Bertz CT molecular complexity index is 1110. The van der Waals surface area contributed by atoms with Crippen LogP contribution in [0.5, 0.6) is 0 Å². The Labute approximate surface area is 171 Å². The summed E-state index contributed by atoms with van der Waals surface area (Å²) in [6.07, 6.45) is 0.926. The van der Waals surface area contributed by atoms with Gasteiger partial charge in [-0.1, -0.05) is 18.2 Å². The van der Waals surface area contributed by atoms with E-state index in [0.29, 0.717) is 43.2 Å². The molecule has 0 N–H and O–H groups in total. The summed E-state index contributed by atoms with van der Waals surface area (Å²) >= 11 is 1.71. The highest BCUT2D eigenvalue weighted by molar-refractivity contribution is 7.10. The van der Waals surface area contributed by atoms with Gasteiger partial charge < -0.3 is 14.2 Å². The van der Waals surface area contributed by atoms with E-state index in [4.69, 9.17) is 4.42 Å². The number of hydrogen-bond donors (Lipinski definition) is 0. The SMILES string of the molecule is O=C(Cn1c(=O)oc2ccccc21)N1CCN(C(=O)[C@@H]2C[C@H]2c2cccs2)CC1. The van der Waals surface area contributed by atoms with Crippen LogP contribution in [0.4, 0.5) is 0 Å². The van der Waals surface area contributed by atoms with Crippen LogP contribution < -0.4 is 5.76 Å². The highest BCUT2D eigenvalue weighted by Gasteiger charge is 2.46. The number of thiophene rings is 1. The number of nitrogens with zero attached hydrogens (tertiary/aromatic N) is 3. The number of rotatable bonds is 4. The van der Waals surface area contributed by atoms with E-state index in [1.165, 1.54) is 9.44 Å². The third kappa shape index (κ3) is 3.37. The fraction of sp³-hybridized carbons (Fsp3) is 0.381. The summed E-state index contributed by atoms with van der Waals surface area (Å²) in [6, 6.07) is 11.2. The molecule has 2 aromatic heterocycles. The molecule has 0 bridgehead atoms. The summed E-state index contributed by atoms with van der Waals surface area (Å²) in [7, 11) is 0. The van der Waals surface area contributed by atoms with Crippen LogP contribution in [0.3, 0.4) is 0 Å². The van der Waals surface area contributed by atoms with Crippen LogP contribution in [0.1, 0.15) is 17.2 Å². The first-order valence-corrected chi connectivity index (χ1v) is 10.7. The van der Waals surface area contributed by atoms with E-state index in [1.54, 1.807) is 34.4 Å². The molecule has 1 saturated heterocycles. The minimum Gasteiger partial charge on any atom is -0.408 e. The van der Waals surface area contributed by atoms with Gasteiger partial charge in [-0.05, 0) is 30.0 Å². The van der Waals surface area contributed by atoms with Crippen molar-refractivity contribution in [1.29, 1.82) is 0 Å². The van der Waals surface area contributed by atoms with Gasteiger partial charge in [-0.2, -0.15) is 0 Å². The first-order valence-electron chi connectivity index (χ1n) is 9.80. The number of piperazine rings is 1. The van der Waals surface area contributed by atoms with Crippen LogP contribution in [0.25, 0.3) is 11.1 Å². The standard InChI is InChI=1S/C21H21N3O4S/c25-19(13-24-16-4-1-2-5-17(16)28-21(24)27)22-7-9-23(10-8-22)20(26)15-12-14(15)18-6-3-11-29-18/h1-6,11,14-15H,7-10,12-13H2/t14-,15-/m1/s1. The maximum absolute atomic E-state index is 12.8. The third-order valence-electron chi connectivity index (χ3n) is 5.83. The molecule has 3 aromatic rings. The summed E-state index contributed by atoms with van der Waals surface area (Å²) in [5.74, 6) is -0.00178. The molecule has 1 aromatic carbocycles. The molecule has 7 nitrogen and oxygen atoms in total. The predicted molar refractivity (Wildman–Crippen MR) is 109 cm³/mol. The molecule has 0 unspecified atom stereocenters. The molecule has 1 saturated carbocycles. The topological polar surface area (TPSA) is 75.8 Å². The van der Waals surface area contributed by atoms with Crippen LogP contribution in [0.2, 0.25) is 0 Å². The van der Waals surface area contributed by atoms with Crippen molar-refractivity contribution in [3.05, 3.63) is 57.2 Å². The van der Waals surface area contributed by atoms with Crippen molar-refractivity contribution in [3.8, 4) is 0 Å². The average Bonchev–Trinajstić information content (AvgIpc) is 3.22. The van der Waals surface area contributed by atoms with Crippen molar-refractivity contribution in [2.75, 3.05) is 26.2 Å². The lowest BCUT2D eigenvalue weighted by Gasteiger charge is -2.35. The van der Waals surface area contributed by atoms with Crippen molar-refractivity contribution in [3.63, 3.8) is 0 Å². The zero-order valence-electron chi connectivity index (χ0n) is 15.8. The van der Waals surface area contributed by atoms with Gasteiger partial charge in [-0.15, -0.1) is 11.3 Å². The van der Waals surface area contributed by atoms with E-state index in [2.05, 4.69) is 6.07 Å². The Hall–Kier alpha value is -2.87. The zero-order valence-corrected chi connectivity index (χ0v) is 16.6. The molecule has 29 heavy (non-hydrogen) atoms. The average molecular weight is 411 g/mol. The summed E-state index contributed by atoms with van der Waals surface area (Å²) in [5.41, 5.74) is 1.10. The van der Waals surface area contributed by atoms with Gasteiger partial charge in [0.1, 0.15) is 6.54 Å². The second-order valence-electron chi connectivity index (χ2n) is 7.59. The van der Waals surface area contributed by atoms with E-state index >= 15 is 0 Å². The molecule has 5 rings (SSSR count). The minimum absolute atomic E-state index is 0.0487. The monoisotopic (exact) mass is 411 g/mol. The minimum atomic E-state index is -0.526. The number of amides is 2.